The lowest BCUT2D eigenvalue weighted by molar-refractivity contribution is -0.0810. The molecular formula is C19H23N3O2. The molecule has 1 aliphatic rings. The summed E-state index contributed by atoms with van der Waals surface area (Å²) in [4.78, 5) is 20.5. The molecule has 0 saturated carbocycles. The van der Waals surface area contributed by atoms with E-state index >= 15 is 0 Å². The van der Waals surface area contributed by atoms with Gasteiger partial charge in [0.1, 0.15) is 5.60 Å². The molecule has 126 valence electrons. The summed E-state index contributed by atoms with van der Waals surface area (Å²) >= 11 is 0. The number of likely N-dealkylation sites (tertiary alicyclic amines) is 1. The molecule has 24 heavy (non-hydrogen) atoms. The first-order valence-corrected chi connectivity index (χ1v) is 8.16. The Morgan fingerprint density at radius 1 is 1.21 bits per heavy atom. The van der Waals surface area contributed by atoms with Gasteiger partial charge in [-0.2, -0.15) is 0 Å². The van der Waals surface area contributed by atoms with E-state index in [-0.39, 0.29) is 11.9 Å². The van der Waals surface area contributed by atoms with E-state index in [0.29, 0.717) is 25.1 Å². The number of aliphatic hydroxyl groups is 1. The maximum absolute atomic E-state index is 12.7. The van der Waals surface area contributed by atoms with E-state index in [1.807, 2.05) is 54.2 Å². The predicted molar refractivity (Wildman–Crippen MR) is 92.6 cm³/mol. The molecule has 1 saturated heterocycles. The number of aromatic nitrogens is 1. The molecule has 1 amide bonds. The number of carbonyl (C=O) groups excluding carboxylic acids is 1. The molecule has 0 bridgehead atoms. The molecule has 2 aromatic rings. The largest absolute Gasteiger partial charge is 0.383 e. The second kappa shape index (κ2) is 6.71. The Morgan fingerprint density at radius 2 is 1.88 bits per heavy atom. The minimum Gasteiger partial charge on any atom is -0.383 e. The highest BCUT2D eigenvalue weighted by molar-refractivity contribution is 5.94. The summed E-state index contributed by atoms with van der Waals surface area (Å²) in [6, 6.07) is 13.0. The second-order valence-corrected chi connectivity index (χ2v) is 6.51. The third-order valence-corrected chi connectivity index (χ3v) is 4.82. The van der Waals surface area contributed by atoms with Crippen molar-refractivity contribution in [2.45, 2.75) is 18.1 Å². The number of pyridine rings is 1. The molecule has 2 heterocycles. The van der Waals surface area contributed by atoms with E-state index in [9.17, 15) is 9.90 Å². The molecule has 1 aromatic heterocycles. The first-order valence-electron chi connectivity index (χ1n) is 8.16. The molecule has 1 aliphatic heterocycles. The zero-order chi connectivity index (χ0) is 17.2. The highest BCUT2D eigenvalue weighted by atomic mass is 16.3. The van der Waals surface area contributed by atoms with Crippen LogP contribution in [0.1, 0.15) is 22.3 Å². The lowest BCUT2D eigenvalue weighted by Crippen LogP contribution is -2.60. The van der Waals surface area contributed by atoms with Crippen LogP contribution in [-0.4, -0.2) is 59.0 Å². The first kappa shape index (κ1) is 16.6. The van der Waals surface area contributed by atoms with Crippen molar-refractivity contribution in [3.05, 3.63) is 66.0 Å². The van der Waals surface area contributed by atoms with Crippen molar-refractivity contribution in [2.75, 3.05) is 27.2 Å². The fourth-order valence-corrected chi connectivity index (χ4v) is 3.44. The summed E-state index contributed by atoms with van der Waals surface area (Å²) in [5.74, 6) is -0.0145. The standard InChI is InChI=1S/C19H23N3O2/c1-21(2)17-14-22(18(23)15-8-11-20-12-9-15)13-10-19(17,24)16-6-4-3-5-7-16/h3-9,11-12,17,24H,10,13-14H2,1-2H3/t17-,19-/m1/s1. The SMILES string of the molecule is CN(C)[C@@H]1CN(C(=O)c2ccncc2)CC[C@@]1(O)c1ccccc1. The van der Waals surface area contributed by atoms with Gasteiger partial charge >= 0.3 is 0 Å². The quantitative estimate of drug-likeness (QED) is 0.934. The van der Waals surface area contributed by atoms with E-state index in [2.05, 4.69) is 4.98 Å². The minimum absolute atomic E-state index is 0.0145. The minimum atomic E-state index is -0.959. The number of nitrogens with zero attached hydrogens (tertiary/aromatic N) is 3. The zero-order valence-corrected chi connectivity index (χ0v) is 14.1. The van der Waals surface area contributed by atoms with Gasteiger partial charge in [-0.3, -0.25) is 9.78 Å². The molecule has 2 atom stereocenters. The van der Waals surface area contributed by atoms with E-state index in [4.69, 9.17) is 0 Å². The molecule has 1 aromatic carbocycles. The molecular weight excluding hydrogens is 302 g/mol. The van der Waals surface area contributed by atoms with Crippen LogP contribution in [0.5, 0.6) is 0 Å². The van der Waals surface area contributed by atoms with E-state index in [1.54, 1.807) is 24.5 Å². The van der Waals surface area contributed by atoms with Gasteiger partial charge in [-0.05, 0) is 38.2 Å². The molecule has 0 aliphatic carbocycles. The van der Waals surface area contributed by atoms with Crippen molar-refractivity contribution in [1.82, 2.24) is 14.8 Å². The molecule has 0 unspecified atom stereocenters. The Bertz CT molecular complexity index is 690. The van der Waals surface area contributed by atoms with Crippen LogP contribution in [0.2, 0.25) is 0 Å². The number of carbonyl (C=O) groups is 1. The molecule has 0 radical (unpaired) electrons. The van der Waals surface area contributed by atoms with Gasteiger partial charge in [0.05, 0.1) is 6.04 Å². The normalized spacial score (nSPS) is 24.2. The molecule has 5 heteroatoms. The van der Waals surface area contributed by atoms with Gasteiger partial charge in [0.15, 0.2) is 0 Å². The van der Waals surface area contributed by atoms with Crippen LogP contribution in [0.4, 0.5) is 0 Å². The van der Waals surface area contributed by atoms with Gasteiger partial charge in [-0.15, -0.1) is 0 Å². The van der Waals surface area contributed by atoms with Crippen LogP contribution in [0.25, 0.3) is 0 Å². The maximum Gasteiger partial charge on any atom is 0.254 e. The molecule has 0 spiro atoms. The fourth-order valence-electron chi connectivity index (χ4n) is 3.44. The fraction of sp³-hybridized carbons (Fsp3) is 0.368. The number of amides is 1. The molecule has 1 fully saturated rings. The zero-order valence-electron chi connectivity index (χ0n) is 14.1. The summed E-state index contributed by atoms with van der Waals surface area (Å²) < 4.78 is 0. The molecule has 5 nitrogen and oxygen atoms in total. The Kier molecular flexibility index (Phi) is 4.64. The van der Waals surface area contributed by atoms with Gasteiger partial charge in [-0.25, -0.2) is 0 Å². The van der Waals surface area contributed by atoms with Gasteiger partial charge < -0.3 is 14.9 Å². The Hall–Kier alpha value is -2.24. The van der Waals surface area contributed by atoms with Crippen molar-refractivity contribution in [1.29, 1.82) is 0 Å². The van der Waals surface area contributed by atoms with Crippen molar-refractivity contribution in [3.63, 3.8) is 0 Å². The van der Waals surface area contributed by atoms with Crippen molar-refractivity contribution < 1.29 is 9.90 Å². The van der Waals surface area contributed by atoms with Crippen LogP contribution >= 0.6 is 0 Å². The van der Waals surface area contributed by atoms with Crippen LogP contribution in [-0.2, 0) is 5.60 Å². The van der Waals surface area contributed by atoms with Crippen molar-refractivity contribution in [3.8, 4) is 0 Å². The summed E-state index contributed by atoms with van der Waals surface area (Å²) in [6.07, 6.45) is 3.76. The topological polar surface area (TPSA) is 56.7 Å². The Labute approximate surface area is 142 Å². The van der Waals surface area contributed by atoms with E-state index in [1.165, 1.54) is 0 Å². The Balaban J connectivity index is 1.85. The number of hydrogen-bond acceptors (Lipinski definition) is 4. The number of rotatable bonds is 3. The van der Waals surface area contributed by atoms with Crippen LogP contribution in [0.3, 0.4) is 0 Å². The van der Waals surface area contributed by atoms with Gasteiger partial charge in [0.25, 0.3) is 5.91 Å². The van der Waals surface area contributed by atoms with E-state index < -0.39 is 5.60 Å². The lowest BCUT2D eigenvalue weighted by Gasteiger charge is -2.47. The smallest absolute Gasteiger partial charge is 0.254 e. The monoisotopic (exact) mass is 325 g/mol. The lowest BCUT2D eigenvalue weighted by atomic mass is 9.79. The van der Waals surface area contributed by atoms with Crippen LogP contribution in [0.15, 0.2) is 54.9 Å². The van der Waals surface area contributed by atoms with Gasteiger partial charge in [0.2, 0.25) is 0 Å². The average Bonchev–Trinajstić information content (AvgIpc) is 2.63. The number of likely N-dealkylation sites (N-methyl/N-ethyl adjacent to an activating group) is 1. The summed E-state index contributed by atoms with van der Waals surface area (Å²) in [5, 5.41) is 11.4. The first-order chi connectivity index (χ1) is 11.5. The van der Waals surface area contributed by atoms with Crippen molar-refractivity contribution in [2.24, 2.45) is 0 Å². The molecule has 1 N–H and O–H groups in total. The summed E-state index contributed by atoms with van der Waals surface area (Å²) in [6.45, 7) is 1.01. The highest BCUT2D eigenvalue weighted by Gasteiger charge is 2.45. The molecule has 3 rings (SSSR count). The third-order valence-electron chi connectivity index (χ3n) is 4.82. The maximum atomic E-state index is 12.7. The summed E-state index contributed by atoms with van der Waals surface area (Å²) in [7, 11) is 3.89. The highest BCUT2D eigenvalue weighted by Crippen LogP contribution is 2.35. The predicted octanol–water partition coefficient (Wildman–Crippen LogP) is 1.75. The third kappa shape index (κ3) is 3.05. The van der Waals surface area contributed by atoms with E-state index in [0.717, 1.165) is 5.56 Å². The number of benzene rings is 1. The van der Waals surface area contributed by atoms with Gasteiger partial charge in [0, 0.05) is 31.0 Å². The Morgan fingerprint density at radius 3 is 2.50 bits per heavy atom. The van der Waals surface area contributed by atoms with Crippen LogP contribution < -0.4 is 0 Å². The summed E-state index contributed by atoms with van der Waals surface area (Å²) in [5.41, 5.74) is 0.576. The van der Waals surface area contributed by atoms with Gasteiger partial charge in [-0.1, -0.05) is 30.3 Å². The second-order valence-electron chi connectivity index (χ2n) is 6.51. The van der Waals surface area contributed by atoms with Crippen LogP contribution in [0, 0.1) is 0 Å². The van der Waals surface area contributed by atoms with Crippen molar-refractivity contribution >= 4 is 5.91 Å². The number of piperidine rings is 1. The number of hydrogen-bond donors (Lipinski definition) is 1. The average molecular weight is 325 g/mol.